The van der Waals surface area contributed by atoms with Crippen molar-refractivity contribution in [3.8, 4) is 0 Å². The summed E-state index contributed by atoms with van der Waals surface area (Å²) in [5.41, 5.74) is 2.69. The van der Waals surface area contributed by atoms with Crippen molar-refractivity contribution in [2.45, 2.75) is 12.3 Å². The molecule has 1 unspecified atom stereocenters. The lowest BCUT2D eigenvalue weighted by Gasteiger charge is -2.18. The number of benzene rings is 2. The maximum atomic E-state index is 8.88. The molecule has 2 aromatic rings. The largest absolute Gasteiger partial charge is 0.395 e. The van der Waals surface area contributed by atoms with Gasteiger partial charge >= 0.3 is 0 Å². The van der Waals surface area contributed by atoms with Gasteiger partial charge in [-0.15, -0.1) is 12.4 Å². The molecule has 20 heavy (non-hydrogen) atoms. The third kappa shape index (κ3) is 5.33. The molecule has 0 aromatic heterocycles. The molecule has 2 rings (SSSR count). The number of aliphatic hydroxyl groups is 1. The Balaban J connectivity index is 0.00000200. The normalized spacial score (nSPS) is 11.7. The molecule has 2 nitrogen and oxygen atoms in total. The maximum Gasteiger partial charge on any atom is 0.0555 e. The van der Waals surface area contributed by atoms with Gasteiger partial charge in [0.15, 0.2) is 0 Å². The summed E-state index contributed by atoms with van der Waals surface area (Å²) in [7, 11) is 0. The van der Waals surface area contributed by atoms with E-state index < -0.39 is 0 Å². The number of nitrogens with one attached hydrogen (secondary N) is 1. The SMILES string of the molecule is Cl.OCCNCC(Cc1ccccc1)c1ccccc1. The average molecular weight is 292 g/mol. The first-order valence-corrected chi connectivity index (χ1v) is 6.80. The summed E-state index contributed by atoms with van der Waals surface area (Å²) in [5.74, 6) is 0.440. The van der Waals surface area contributed by atoms with Crippen molar-refractivity contribution in [1.29, 1.82) is 0 Å². The lowest BCUT2D eigenvalue weighted by molar-refractivity contribution is 0.291. The molecule has 0 saturated carbocycles. The molecular weight excluding hydrogens is 270 g/mol. The van der Waals surface area contributed by atoms with Crippen molar-refractivity contribution in [1.82, 2.24) is 5.32 Å². The predicted octanol–water partition coefficient (Wildman–Crippen LogP) is 3.02. The van der Waals surface area contributed by atoms with Crippen LogP contribution < -0.4 is 5.32 Å². The van der Waals surface area contributed by atoms with E-state index in [0.29, 0.717) is 12.5 Å². The van der Waals surface area contributed by atoms with Crippen LogP contribution in [0, 0.1) is 0 Å². The average Bonchev–Trinajstić information content (AvgIpc) is 2.48. The Kier molecular flexibility index (Phi) is 7.97. The second-order valence-electron chi connectivity index (χ2n) is 4.73. The van der Waals surface area contributed by atoms with Crippen molar-refractivity contribution in [3.05, 3.63) is 71.8 Å². The van der Waals surface area contributed by atoms with Crippen LogP contribution in [-0.2, 0) is 6.42 Å². The van der Waals surface area contributed by atoms with E-state index in [4.69, 9.17) is 5.11 Å². The zero-order valence-corrected chi connectivity index (χ0v) is 12.4. The van der Waals surface area contributed by atoms with Crippen LogP contribution in [0.25, 0.3) is 0 Å². The smallest absolute Gasteiger partial charge is 0.0555 e. The minimum Gasteiger partial charge on any atom is -0.395 e. The molecule has 0 aliphatic heterocycles. The fourth-order valence-corrected chi connectivity index (χ4v) is 2.29. The van der Waals surface area contributed by atoms with E-state index in [1.165, 1.54) is 11.1 Å². The van der Waals surface area contributed by atoms with E-state index in [2.05, 4.69) is 53.8 Å². The molecule has 0 amide bonds. The van der Waals surface area contributed by atoms with Crippen molar-refractivity contribution >= 4 is 12.4 Å². The summed E-state index contributed by atoms with van der Waals surface area (Å²) in [6.07, 6.45) is 1.02. The van der Waals surface area contributed by atoms with Gasteiger partial charge in [0.1, 0.15) is 0 Å². The lowest BCUT2D eigenvalue weighted by atomic mass is 9.92. The molecule has 0 aliphatic carbocycles. The van der Waals surface area contributed by atoms with Crippen molar-refractivity contribution in [2.75, 3.05) is 19.7 Å². The van der Waals surface area contributed by atoms with Gasteiger partial charge in [-0.1, -0.05) is 60.7 Å². The summed E-state index contributed by atoms with van der Waals surface area (Å²) < 4.78 is 0. The van der Waals surface area contributed by atoms with Crippen LogP contribution in [0.1, 0.15) is 17.0 Å². The number of hydrogen-bond donors (Lipinski definition) is 2. The molecule has 0 bridgehead atoms. The molecule has 108 valence electrons. The van der Waals surface area contributed by atoms with Crippen molar-refractivity contribution < 1.29 is 5.11 Å². The van der Waals surface area contributed by atoms with Gasteiger partial charge in [0, 0.05) is 19.0 Å². The molecule has 0 spiro atoms. The van der Waals surface area contributed by atoms with Gasteiger partial charge in [-0.3, -0.25) is 0 Å². The minimum atomic E-state index is 0. The molecule has 0 saturated heterocycles. The molecule has 3 heteroatoms. The molecule has 0 fully saturated rings. The summed E-state index contributed by atoms with van der Waals surface area (Å²) in [6.45, 7) is 1.73. The number of hydrogen-bond acceptors (Lipinski definition) is 2. The van der Waals surface area contributed by atoms with Gasteiger partial charge in [0.05, 0.1) is 6.61 Å². The van der Waals surface area contributed by atoms with Crippen LogP contribution in [0.15, 0.2) is 60.7 Å². The predicted molar refractivity (Wildman–Crippen MR) is 86.5 cm³/mol. The number of rotatable bonds is 7. The molecule has 1 atom stereocenters. The second kappa shape index (κ2) is 9.54. The van der Waals surface area contributed by atoms with Crippen LogP contribution >= 0.6 is 12.4 Å². The molecule has 0 heterocycles. The number of halogens is 1. The molecule has 0 radical (unpaired) electrons. The van der Waals surface area contributed by atoms with E-state index >= 15 is 0 Å². The van der Waals surface area contributed by atoms with E-state index in [1.54, 1.807) is 0 Å². The number of aliphatic hydroxyl groups excluding tert-OH is 1. The minimum absolute atomic E-state index is 0. The van der Waals surface area contributed by atoms with E-state index in [9.17, 15) is 0 Å². The van der Waals surface area contributed by atoms with E-state index in [-0.39, 0.29) is 19.0 Å². The summed E-state index contributed by atoms with van der Waals surface area (Å²) in [4.78, 5) is 0. The first-order valence-electron chi connectivity index (χ1n) is 6.80. The highest BCUT2D eigenvalue weighted by Crippen LogP contribution is 2.20. The second-order valence-corrected chi connectivity index (χ2v) is 4.73. The molecule has 2 N–H and O–H groups in total. The Morgan fingerprint density at radius 2 is 1.50 bits per heavy atom. The summed E-state index contributed by atoms with van der Waals surface area (Å²) in [6, 6.07) is 21.1. The van der Waals surface area contributed by atoms with Crippen LogP contribution in [0.2, 0.25) is 0 Å². The molecule has 0 aliphatic rings. The molecular formula is C17H22ClNO. The zero-order chi connectivity index (χ0) is 13.3. The van der Waals surface area contributed by atoms with Gasteiger partial charge in [-0.05, 0) is 17.5 Å². The highest BCUT2D eigenvalue weighted by Gasteiger charge is 2.11. The van der Waals surface area contributed by atoms with Crippen LogP contribution in [0.4, 0.5) is 0 Å². The highest BCUT2D eigenvalue weighted by molar-refractivity contribution is 5.85. The Bertz CT molecular complexity index is 461. The van der Waals surface area contributed by atoms with Gasteiger partial charge in [0.2, 0.25) is 0 Å². The fourth-order valence-electron chi connectivity index (χ4n) is 2.29. The van der Waals surface area contributed by atoms with E-state index in [1.807, 2.05) is 12.1 Å². The standard InChI is InChI=1S/C17H21NO.ClH/c19-12-11-18-14-17(16-9-5-2-6-10-16)13-15-7-3-1-4-8-15;/h1-10,17-19H,11-14H2;1H. The van der Waals surface area contributed by atoms with Gasteiger partial charge in [-0.25, -0.2) is 0 Å². The maximum absolute atomic E-state index is 8.88. The van der Waals surface area contributed by atoms with Crippen molar-refractivity contribution in [3.63, 3.8) is 0 Å². The first-order chi connectivity index (χ1) is 9.40. The van der Waals surface area contributed by atoms with Crippen molar-refractivity contribution in [2.24, 2.45) is 0 Å². The lowest BCUT2D eigenvalue weighted by Crippen LogP contribution is -2.25. The Hall–Kier alpha value is -1.35. The summed E-state index contributed by atoms with van der Waals surface area (Å²) >= 11 is 0. The Morgan fingerprint density at radius 1 is 0.900 bits per heavy atom. The van der Waals surface area contributed by atoms with Crippen LogP contribution in [0.3, 0.4) is 0 Å². The summed E-state index contributed by atoms with van der Waals surface area (Å²) in [5, 5.41) is 12.2. The zero-order valence-electron chi connectivity index (χ0n) is 11.5. The quantitative estimate of drug-likeness (QED) is 0.769. The third-order valence-corrected chi connectivity index (χ3v) is 3.28. The fraction of sp³-hybridized carbons (Fsp3) is 0.294. The molecule has 2 aromatic carbocycles. The highest BCUT2D eigenvalue weighted by atomic mass is 35.5. The van der Waals surface area contributed by atoms with Gasteiger partial charge in [-0.2, -0.15) is 0 Å². The topological polar surface area (TPSA) is 32.3 Å². The van der Waals surface area contributed by atoms with E-state index in [0.717, 1.165) is 13.0 Å². The van der Waals surface area contributed by atoms with Crippen LogP contribution in [-0.4, -0.2) is 24.8 Å². The van der Waals surface area contributed by atoms with Gasteiger partial charge in [0.25, 0.3) is 0 Å². The third-order valence-electron chi connectivity index (χ3n) is 3.28. The first kappa shape index (κ1) is 16.7. The Labute approximate surface area is 127 Å². The Morgan fingerprint density at radius 3 is 2.10 bits per heavy atom. The van der Waals surface area contributed by atoms with Crippen LogP contribution in [0.5, 0.6) is 0 Å². The monoisotopic (exact) mass is 291 g/mol. The van der Waals surface area contributed by atoms with Gasteiger partial charge < -0.3 is 10.4 Å².